The summed E-state index contributed by atoms with van der Waals surface area (Å²) in [6.45, 7) is 4.88. The lowest BCUT2D eigenvalue weighted by Crippen LogP contribution is -2.46. The summed E-state index contributed by atoms with van der Waals surface area (Å²) in [6.07, 6.45) is 2.04. The maximum Gasteiger partial charge on any atom is 0.279 e. The quantitative estimate of drug-likeness (QED) is 0.609. The van der Waals surface area contributed by atoms with Crippen molar-refractivity contribution in [2.45, 2.75) is 19.8 Å². The molecule has 0 aliphatic carbocycles. The van der Waals surface area contributed by atoms with Crippen LogP contribution in [-0.4, -0.2) is 52.1 Å². The predicted octanol–water partition coefficient (Wildman–Crippen LogP) is -0.472. The molecule has 1 unspecified atom stereocenters. The van der Waals surface area contributed by atoms with Gasteiger partial charge in [-0.1, -0.05) is 6.92 Å². The Bertz CT molecular complexity index is 308. The zero-order chi connectivity index (χ0) is 12.7. The molecule has 1 atom stereocenters. The van der Waals surface area contributed by atoms with Gasteiger partial charge in [0.25, 0.3) is 10.2 Å². The summed E-state index contributed by atoms with van der Waals surface area (Å²) >= 11 is 0. The van der Waals surface area contributed by atoms with Crippen molar-refractivity contribution in [3.63, 3.8) is 0 Å². The topological polar surface area (TPSA) is 84.7 Å². The number of ether oxygens (including phenoxy) is 1. The average molecular weight is 265 g/mol. The zero-order valence-corrected chi connectivity index (χ0v) is 11.2. The van der Waals surface area contributed by atoms with E-state index in [1.165, 1.54) is 4.31 Å². The number of hydrogen-bond acceptors (Lipinski definition) is 4. The van der Waals surface area contributed by atoms with E-state index in [2.05, 4.69) is 11.6 Å². The fourth-order valence-corrected chi connectivity index (χ4v) is 3.23. The molecular formula is C10H23N3O3S. The van der Waals surface area contributed by atoms with E-state index in [1.807, 2.05) is 0 Å². The molecule has 1 heterocycles. The molecule has 1 saturated heterocycles. The van der Waals surface area contributed by atoms with Crippen molar-refractivity contribution in [1.29, 1.82) is 0 Å². The minimum absolute atomic E-state index is 0.299. The molecule has 0 aromatic heterocycles. The summed E-state index contributed by atoms with van der Waals surface area (Å²) in [5, 5.41) is 0. The van der Waals surface area contributed by atoms with E-state index in [1.54, 1.807) is 0 Å². The van der Waals surface area contributed by atoms with Gasteiger partial charge in [0.15, 0.2) is 0 Å². The number of piperidine rings is 1. The molecule has 1 rings (SSSR count). The lowest BCUT2D eigenvalue weighted by Gasteiger charge is -2.29. The molecule has 1 aliphatic heterocycles. The van der Waals surface area contributed by atoms with Crippen LogP contribution in [0.5, 0.6) is 0 Å². The van der Waals surface area contributed by atoms with Crippen LogP contribution >= 0.6 is 0 Å². The first kappa shape index (κ1) is 14.8. The number of nitrogens with two attached hydrogens (primary N) is 1. The van der Waals surface area contributed by atoms with E-state index < -0.39 is 10.2 Å². The molecule has 0 aromatic rings. The molecule has 7 heteroatoms. The van der Waals surface area contributed by atoms with Crippen LogP contribution in [-0.2, 0) is 14.9 Å². The monoisotopic (exact) mass is 265 g/mol. The summed E-state index contributed by atoms with van der Waals surface area (Å²) < 4.78 is 33.0. The molecule has 6 nitrogen and oxygen atoms in total. The van der Waals surface area contributed by atoms with Gasteiger partial charge >= 0.3 is 0 Å². The van der Waals surface area contributed by atoms with Crippen molar-refractivity contribution in [2.24, 2.45) is 11.7 Å². The third kappa shape index (κ3) is 5.31. The van der Waals surface area contributed by atoms with Crippen LogP contribution in [0, 0.1) is 5.92 Å². The number of rotatable bonds is 7. The molecule has 1 fully saturated rings. The second kappa shape index (κ2) is 7.27. The van der Waals surface area contributed by atoms with E-state index >= 15 is 0 Å². The maximum absolute atomic E-state index is 11.9. The molecule has 17 heavy (non-hydrogen) atoms. The van der Waals surface area contributed by atoms with Gasteiger partial charge in [-0.3, -0.25) is 0 Å². The van der Waals surface area contributed by atoms with Gasteiger partial charge < -0.3 is 10.5 Å². The Morgan fingerprint density at radius 2 is 2.24 bits per heavy atom. The summed E-state index contributed by atoms with van der Waals surface area (Å²) in [6, 6.07) is 0. The smallest absolute Gasteiger partial charge is 0.279 e. The minimum atomic E-state index is -3.33. The molecule has 0 saturated carbocycles. The van der Waals surface area contributed by atoms with Gasteiger partial charge in [0, 0.05) is 26.2 Å². The highest BCUT2D eigenvalue weighted by Crippen LogP contribution is 2.17. The second-order valence-electron chi connectivity index (χ2n) is 4.41. The Kier molecular flexibility index (Phi) is 6.35. The highest BCUT2D eigenvalue weighted by molar-refractivity contribution is 7.87. The average Bonchev–Trinajstić information content (AvgIpc) is 2.29. The summed E-state index contributed by atoms with van der Waals surface area (Å²) in [5.41, 5.74) is 5.26. The van der Waals surface area contributed by atoms with Crippen molar-refractivity contribution >= 4 is 10.2 Å². The lowest BCUT2D eigenvalue weighted by atomic mass is 10.0. The fraction of sp³-hybridized carbons (Fsp3) is 1.00. The van der Waals surface area contributed by atoms with Gasteiger partial charge in [0.1, 0.15) is 0 Å². The van der Waals surface area contributed by atoms with Crippen LogP contribution < -0.4 is 10.5 Å². The summed E-state index contributed by atoms with van der Waals surface area (Å²) in [7, 11) is -3.33. The lowest BCUT2D eigenvalue weighted by molar-refractivity contribution is 0.146. The summed E-state index contributed by atoms with van der Waals surface area (Å²) in [5.74, 6) is 0.439. The Labute approximate surface area is 104 Å². The van der Waals surface area contributed by atoms with Gasteiger partial charge in [0.2, 0.25) is 0 Å². The molecule has 1 aliphatic rings. The van der Waals surface area contributed by atoms with E-state index in [0.717, 1.165) is 12.8 Å². The SMILES string of the molecule is CC1CCCN(S(=O)(=O)NCCOCCN)C1. The molecule has 0 radical (unpaired) electrons. The van der Waals surface area contributed by atoms with Crippen LogP contribution in [0.3, 0.4) is 0 Å². The second-order valence-corrected chi connectivity index (χ2v) is 6.16. The first-order valence-corrected chi connectivity index (χ1v) is 7.53. The molecular weight excluding hydrogens is 242 g/mol. The van der Waals surface area contributed by atoms with E-state index in [9.17, 15) is 8.42 Å². The number of nitrogens with one attached hydrogen (secondary N) is 1. The third-order valence-electron chi connectivity index (χ3n) is 2.75. The van der Waals surface area contributed by atoms with Crippen LogP contribution in [0.25, 0.3) is 0 Å². The maximum atomic E-state index is 11.9. The van der Waals surface area contributed by atoms with Crippen molar-refractivity contribution in [3.8, 4) is 0 Å². The van der Waals surface area contributed by atoms with Crippen LogP contribution in [0.2, 0.25) is 0 Å². The molecule has 0 aromatic carbocycles. The minimum Gasteiger partial charge on any atom is -0.379 e. The highest BCUT2D eigenvalue weighted by atomic mass is 32.2. The van der Waals surface area contributed by atoms with Crippen molar-refractivity contribution in [1.82, 2.24) is 9.03 Å². The Morgan fingerprint density at radius 1 is 1.47 bits per heavy atom. The van der Waals surface area contributed by atoms with Crippen molar-refractivity contribution < 1.29 is 13.2 Å². The normalized spacial score (nSPS) is 22.8. The number of hydrogen-bond donors (Lipinski definition) is 2. The van der Waals surface area contributed by atoms with Gasteiger partial charge in [0.05, 0.1) is 13.2 Å². The highest BCUT2D eigenvalue weighted by Gasteiger charge is 2.26. The first-order chi connectivity index (χ1) is 8.06. The predicted molar refractivity (Wildman–Crippen MR) is 66.8 cm³/mol. The van der Waals surface area contributed by atoms with Crippen molar-refractivity contribution in [2.75, 3.05) is 39.4 Å². The van der Waals surface area contributed by atoms with Crippen LogP contribution in [0.15, 0.2) is 0 Å². The molecule has 0 spiro atoms. The number of nitrogens with zero attached hydrogens (tertiary/aromatic N) is 1. The van der Waals surface area contributed by atoms with E-state index in [4.69, 9.17) is 10.5 Å². The molecule has 3 N–H and O–H groups in total. The van der Waals surface area contributed by atoms with Gasteiger partial charge in [-0.2, -0.15) is 17.4 Å². The van der Waals surface area contributed by atoms with E-state index in [0.29, 0.717) is 45.3 Å². The molecule has 0 amide bonds. The fourth-order valence-electron chi connectivity index (χ4n) is 1.88. The first-order valence-electron chi connectivity index (χ1n) is 6.09. The Hall–Kier alpha value is -0.210. The standard InChI is InChI=1S/C10H23N3O3S/c1-10-3-2-6-13(9-10)17(14,15)12-5-8-16-7-4-11/h10,12H,2-9,11H2,1H3. The van der Waals surface area contributed by atoms with Crippen LogP contribution in [0.4, 0.5) is 0 Å². The van der Waals surface area contributed by atoms with Crippen molar-refractivity contribution in [3.05, 3.63) is 0 Å². The van der Waals surface area contributed by atoms with Gasteiger partial charge in [-0.15, -0.1) is 0 Å². The summed E-state index contributed by atoms with van der Waals surface area (Å²) in [4.78, 5) is 0. The van der Waals surface area contributed by atoms with Gasteiger partial charge in [-0.05, 0) is 18.8 Å². The third-order valence-corrected chi connectivity index (χ3v) is 4.33. The molecule has 0 bridgehead atoms. The Balaban J connectivity index is 2.29. The Morgan fingerprint density at radius 3 is 2.88 bits per heavy atom. The largest absolute Gasteiger partial charge is 0.379 e. The molecule has 102 valence electrons. The van der Waals surface area contributed by atoms with Crippen LogP contribution in [0.1, 0.15) is 19.8 Å². The zero-order valence-electron chi connectivity index (χ0n) is 10.4. The van der Waals surface area contributed by atoms with Gasteiger partial charge in [-0.25, -0.2) is 0 Å². The van der Waals surface area contributed by atoms with E-state index in [-0.39, 0.29) is 0 Å².